The third kappa shape index (κ3) is 2.94. The number of carbonyl (C=O) groups excluding carboxylic acids is 1. The minimum absolute atomic E-state index is 0.0674. The van der Waals surface area contributed by atoms with Crippen LogP contribution in [0.2, 0.25) is 0 Å². The van der Waals surface area contributed by atoms with Gasteiger partial charge in [0, 0.05) is 51.5 Å². The van der Waals surface area contributed by atoms with Crippen molar-refractivity contribution in [1.82, 2.24) is 29.1 Å². The summed E-state index contributed by atoms with van der Waals surface area (Å²) in [5.41, 5.74) is 1.90. The first-order chi connectivity index (χ1) is 11.7. The average Bonchev–Trinajstić information content (AvgIpc) is 3.21. The van der Waals surface area contributed by atoms with Gasteiger partial charge in [0.25, 0.3) is 5.91 Å². The van der Waals surface area contributed by atoms with E-state index in [0.717, 1.165) is 32.0 Å². The van der Waals surface area contributed by atoms with Gasteiger partial charge in [0.2, 0.25) is 0 Å². The number of imidazole rings is 1. The number of amides is 1. The molecular weight excluding hydrogens is 308 g/mol. The Morgan fingerprint density at radius 3 is 2.79 bits per heavy atom. The van der Waals surface area contributed by atoms with Crippen molar-refractivity contribution in [3.05, 3.63) is 35.7 Å². The Bertz CT molecular complexity index is 731. The van der Waals surface area contributed by atoms with Gasteiger partial charge in [0.05, 0.1) is 32.2 Å². The molecule has 4 heterocycles. The van der Waals surface area contributed by atoms with E-state index in [2.05, 4.69) is 19.5 Å². The van der Waals surface area contributed by atoms with Crippen LogP contribution in [0.25, 0.3) is 0 Å². The van der Waals surface area contributed by atoms with Crippen molar-refractivity contribution in [1.29, 1.82) is 0 Å². The third-order valence-corrected chi connectivity index (χ3v) is 4.63. The molecule has 4 rings (SSSR count). The van der Waals surface area contributed by atoms with Crippen molar-refractivity contribution in [2.24, 2.45) is 7.05 Å². The zero-order valence-corrected chi connectivity index (χ0v) is 13.9. The number of rotatable bonds is 3. The molecule has 24 heavy (non-hydrogen) atoms. The number of carbonyl (C=O) groups is 1. The molecule has 0 radical (unpaired) electrons. The molecule has 2 aliphatic heterocycles. The van der Waals surface area contributed by atoms with Gasteiger partial charge in [-0.3, -0.25) is 14.4 Å². The first-order valence-electron chi connectivity index (χ1n) is 8.32. The molecule has 0 N–H and O–H groups in total. The highest BCUT2D eigenvalue weighted by Crippen LogP contribution is 2.18. The largest absolute Gasteiger partial charge is 0.378 e. The first-order valence-corrected chi connectivity index (χ1v) is 8.32. The highest BCUT2D eigenvalue weighted by molar-refractivity contribution is 5.92. The molecule has 1 saturated heterocycles. The molecule has 2 aromatic rings. The second kappa shape index (κ2) is 6.37. The number of aryl methyl sites for hydroxylation is 1. The highest BCUT2D eigenvalue weighted by Gasteiger charge is 2.26. The Morgan fingerprint density at radius 1 is 1.21 bits per heavy atom. The van der Waals surface area contributed by atoms with E-state index in [0.29, 0.717) is 32.0 Å². The predicted molar refractivity (Wildman–Crippen MR) is 86.3 cm³/mol. The van der Waals surface area contributed by atoms with Crippen molar-refractivity contribution in [3.8, 4) is 0 Å². The lowest BCUT2D eigenvalue weighted by Gasteiger charge is -2.30. The number of nitrogens with zero attached hydrogens (tertiary/aromatic N) is 6. The Kier molecular flexibility index (Phi) is 4.07. The minimum atomic E-state index is 0.0674. The minimum Gasteiger partial charge on any atom is -0.378 e. The van der Waals surface area contributed by atoms with Crippen molar-refractivity contribution in [3.63, 3.8) is 0 Å². The summed E-state index contributed by atoms with van der Waals surface area (Å²) in [5.74, 6) is 1.03. The molecule has 0 aliphatic carbocycles. The van der Waals surface area contributed by atoms with E-state index < -0.39 is 0 Å². The van der Waals surface area contributed by atoms with Gasteiger partial charge in [0.1, 0.15) is 11.5 Å². The van der Waals surface area contributed by atoms with Gasteiger partial charge in [0.15, 0.2) is 0 Å². The van der Waals surface area contributed by atoms with Crippen LogP contribution < -0.4 is 0 Å². The van der Waals surface area contributed by atoms with E-state index in [4.69, 9.17) is 4.74 Å². The summed E-state index contributed by atoms with van der Waals surface area (Å²) >= 11 is 0. The maximum atomic E-state index is 12.7. The van der Waals surface area contributed by atoms with Gasteiger partial charge >= 0.3 is 0 Å². The molecule has 0 spiro atoms. The molecule has 0 saturated carbocycles. The molecule has 128 valence electrons. The smallest absolute Gasteiger partial charge is 0.272 e. The summed E-state index contributed by atoms with van der Waals surface area (Å²) < 4.78 is 9.21. The first kappa shape index (κ1) is 15.3. The zero-order valence-electron chi connectivity index (χ0n) is 13.9. The second-order valence-electron chi connectivity index (χ2n) is 6.35. The molecule has 1 amide bonds. The fraction of sp³-hybridized carbons (Fsp3) is 0.562. The van der Waals surface area contributed by atoms with Crippen LogP contribution in [0.15, 0.2) is 18.6 Å². The Balaban J connectivity index is 1.46. The molecule has 0 unspecified atom stereocenters. The quantitative estimate of drug-likeness (QED) is 0.799. The predicted octanol–water partition coefficient (Wildman–Crippen LogP) is 0.105. The van der Waals surface area contributed by atoms with Crippen LogP contribution in [0.3, 0.4) is 0 Å². The van der Waals surface area contributed by atoms with E-state index in [1.165, 1.54) is 5.56 Å². The monoisotopic (exact) mass is 330 g/mol. The standard InChI is InChI=1S/C16H22N6O2/c1-19-10-13(8-18-19)11-20-2-3-22-14(9-17-15(22)12-20)16(23)21-4-6-24-7-5-21/h8-10H,2-7,11-12H2,1H3. The molecule has 8 nitrogen and oxygen atoms in total. The highest BCUT2D eigenvalue weighted by atomic mass is 16.5. The number of hydrogen-bond donors (Lipinski definition) is 0. The van der Waals surface area contributed by atoms with Crippen LogP contribution in [0.5, 0.6) is 0 Å². The lowest BCUT2D eigenvalue weighted by atomic mass is 10.2. The lowest BCUT2D eigenvalue weighted by Crippen LogP contribution is -2.42. The Labute approximate surface area is 140 Å². The number of morpholine rings is 1. The van der Waals surface area contributed by atoms with Crippen molar-refractivity contribution >= 4 is 5.91 Å². The molecule has 2 aromatic heterocycles. The summed E-state index contributed by atoms with van der Waals surface area (Å²) in [6.45, 7) is 5.86. The molecule has 0 bridgehead atoms. The second-order valence-corrected chi connectivity index (χ2v) is 6.35. The van der Waals surface area contributed by atoms with E-state index in [-0.39, 0.29) is 5.91 Å². The Hall–Kier alpha value is -2.19. The van der Waals surface area contributed by atoms with Gasteiger partial charge in [-0.2, -0.15) is 5.10 Å². The maximum absolute atomic E-state index is 12.7. The fourth-order valence-electron chi connectivity index (χ4n) is 3.36. The summed E-state index contributed by atoms with van der Waals surface area (Å²) in [4.78, 5) is 21.4. The van der Waals surface area contributed by atoms with E-state index >= 15 is 0 Å². The number of fused-ring (bicyclic) bond motifs is 1. The van der Waals surface area contributed by atoms with Crippen LogP contribution in [0, 0.1) is 0 Å². The van der Waals surface area contributed by atoms with Gasteiger partial charge in [-0.1, -0.05) is 0 Å². The van der Waals surface area contributed by atoms with Gasteiger partial charge in [-0.05, 0) is 0 Å². The number of ether oxygens (including phenoxy) is 1. The molecule has 1 fully saturated rings. The van der Waals surface area contributed by atoms with E-state index in [1.807, 2.05) is 29.0 Å². The van der Waals surface area contributed by atoms with E-state index in [9.17, 15) is 4.79 Å². The van der Waals surface area contributed by atoms with Crippen LogP contribution in [0.1, 0.15) is 21.9 Å². The van der Waals surface area contributed by atoms with Gasteiger partial charge in [-0.15, -0.1) is 0 Å². The molecule has 2 aliphatic rings. The third-order valence-electron chi connectivity index (χ3n) is 4.63. The molecule has 8 heteroatoms. The van der Waals surface area contributed by atoms with Crippen LogP contribution in [-0.4, -0.2) is 67.9 Å². The topological polar surface area (TPSA) is 68.4 Å². The van der Waals surface area contributed by atoms with Gasteiger partial charge < -0.3 is 14.2 Å². The summed E-state index contributed by atoms with van der Waals surface area (Å²) in [7, 11) is 1.93. The Morgan fingerprint density at radius 2 is 2.04 bits per heavy atom. The number of aromatic nitrogens is 4. The number of hydrogen-bond acceptors (Lipinski definition) is 5. The molecule has 0 aromatic carbocycles. The van der Waals surface area contributed by atoms with Gasteiger partial charge in [-0.25, -0.2) is 4.98 Å². The van der Waals surface area contributed by atoms with Crippen LogP contribution >= 0.6 is 0 Å². The van der Waals surface area contributed by atoms with Crippen molar-refractivity contribution in [2.75, 3.05) is 32.8 Å². The molecular formula is C16H22N6O2. The summed E-state index contributed by atoms with van der Waals surface area (Å²) in [6.07, 6.45) is 5.66. The van der Waals surface area contributed by atoms with Crippen molar-refractivity contribution in [2.45, 2.75) is 19.6 Å². The van der Waals surface area contributed by atoms with Crippen molar-refractivity contribution < 1.29 is 9.53 Å². The van der Waals surface area contributed by atoms with Crippen LogP contribution in [-0.2, 0) is 31.4 Å². The van der Waals surface area contributed by atoms with E-state index in [1.54, 1.807) is 6.20 Å². The summed E-state index contributed by atoms with van der Waals surface area (Å²) in [5, 5.41) is 4.21. The SMILES string of the molecule is Cn1cc(CN2CCn3c(C(=O)N4CCOCC4)cnc3C2)cn1. The normalized spacial score (nSPS) is 18.6. The van der Waals surface area contributed by atoms with Crippen LogP contribution in [0.4, 0.5) is 0 Å². The average molecular weight is 330 g/mol. The molecule has 0 atom stereocenters. The zero-order chi connectivity index (χ0) is 16.5. The summed E-state index contributed by atoms with van der Waals surface area (Å²) in [6, 6.07) is 0. The fourth-order valence-corrected chi connectivity index (χ4v) is 3.36. The lowest BCUT2D eigenvalue weighted by molar-refractivity contribution is 0.0294. The maximum Gasteiger partial charge on any atom is 0.272 e.